The maximum absolute atomic E-state index is 12.9. The standard InChI is InChI=1S/C22H25NO5/c1-5-28-19-7-6-15(11-20(19)25-2)18(24)13-17-16-12-22(27-4)21(26-3)10-14(16)8-9-23-17/h6-7,10-13,23H,5,8-9H2,1-4H3/b17-13-. The average molecular weight is 383 g/mol. The molecule has 0 fully saturated rings. The Morgan fingerprint density at radius 1 is 1.00 bits per heavy atom. The second-order valence-corrected chi connectivity index (χ2v) is 6.26. The van der Waals surface area contributed by atoms with Gasteiger partial charge in [0.2, 0.25) is 0 Å². The Labute approximate surface area is 165 Å². The van der Waals surface area contributed by atoms with Crippen LogP contribution in [0.5, 0.6) is 23.0 Å². The lowest BCUT2D eigenvalue weighted by atomic mass is 9.95. The average Bonchev–Trinajstić information content (AvgIpc) is 2.73. The van der Waals surface area contributed by atoms with E-state index in [0.29, 0.717) is 35.2 Å². The van der Waals surface area contributed by atoms with Crippen LogP contribution in [-0.4, -0.2) is 40.3 Å². The van der Waals surface area contributed by atoms with E-state index in [1.54, 1.807) is 45.6 Å². The lowest BCUT2D eigenvalue weighted by Crippen LogP contribution is -2.23. The third-order valence-electron chi connectivity index (χ3n) is 4.63. The summed E-state index contributed by atoms with van der Waals surface area (Å²) in [5.41, 5.74) is 3.34. The van der Waals surface area contributed by atoms with Gasteiger partial charge in [0.15, 0.2) is 28.8 Å². The van der Waals surface area contributed by atoms with Gasteiger partial charge in [0.25, 0.3) is 0 Å². The van der Waals surface area contributed by atoms with Crippen molar-refractivity contribution in [2.75, 3.05) is 34.5 Å². The molecule has 3 rings (SSSR count). The minimum absolute atomic E-state index is 0.119. The zero-order valence-electron chi connectivity index (χ0n) is 16.6. The Kier molecular flexibility index (Phi) is 6.09. The van der Waals surface area contributed by atoms with Crippen LogP contribution in [0, 0.1) is 0 Å². The first-order chi connectivity index (χ1) is 13.6. The number of carbonyl (C=O) groups is 1. The van der Waals surface area contributed by atoms with E-state index in [9.17, 15) is 4.79 Å². The van der Waals surface area contributed by atoms with Gasteiger partial charge < -0.3 is 24.3 Å². The fourth-order valence-electron chi connectivity index (χ4n) is 3.24. The smallest absolute Gasteiger partial charge is 0.188 e. The lowest BCUT2D eigenvalue weighted by Gasteiger charge is -2.23. The molecule has 28 heavy (non-hydrogen) atoms. The van der Waals surface area contributed by atoms with E-state index in [0.717, 1.165) is 29.8 Å². The molecule has 1 N–H and O–H groups in total. The SMILES string of the molecule is CCOc1ccc(C(=O)/C=C2\NCCc3cc(OC)c(OC)cc32)cc1OC. The summed E-state index contributed by atoms with van der Waals surface area (Å²) in [6.45, 7) is 3.17. The minimum atomic E-state index is -0.119. The van der Waals surface area contributed by atoms with E-state index in [2.05, 4.69) is 5.32 Å². The molecule has 1 heterocycles. The first-order valence-corrected chi connectivity index (χ1v) is 9.17. The van der Waals surface area contributed by atoms with Crippen LogP contribution >= 0.6 is 0 Å². The van der Waals surface area contributed by atoms with Gasteiger partial charge in [0, 0.05) is 29.4 Å². The van der Waals surface area contributed by atoms with Crippen molar-refractivity contribution in [1.29, 1.82) is 0 Å². The van der Waals surface area contributed by atoms with E-state index in [4.69, 9.17) is 18.9 Å². The number of methoxy groups -OCH3 is 3. The normalized spacial score (nSPS) is 14.1. The Balaban J connectivity index is 1.96. The van der Waals surface area contributed by atoms with Crippen molar-refractivity contribution in [2.24, 2.45) is 0 Å². The summed E-state index contributed by atoms with van der Waals surface area (Å²) in [5.74, 6) is 2.35. The van der Waals surface area contributed by atoms with Crippen LogP contribution in [0.2, 0.25) is 0 Å². The van der Waals surface area contributed by atoms with Gasteiger partial charge in [-0.2, -0.15) is 0 Å². The molecule has 0 bridgehead atoms. The number of hydrogen-bond donors (Lipinski definition) is 1. The van der Waals surface area contributed by atoms with Gasteiger partial charge >= 0.3 is 0 Å². The quantitative estimate of drug-likeness (QED) is 0.583. The van der Waals surface area contributed by atoms with Crippen molar-refractivity contribution < 1.29 is 23.7 Å². The third-order valence-corrected chi connectivity index (χ3v) is 4.63. The van der Waals surface area contributed by atoms with E-state index < -0.39 is 0 Å². The lowest BCUT2D eigenvalue weighted by molar-refractivity contribution is 0.104. The molecule has 2 aromatic carbocycles. The van der Waals surface area contributed by atoms with Crippen molar-refractivity contribution in [3.8, 4) is 23.0 Å². The Hall–Kier alpha value is -3.15. The van der Waals surface area contributed by atoms with Crippen molar-refractivity contribution >= 4 is 11.5 Å². The number of hydrogen-bond acceptors (Lipinski definition) is 6. The number of carbonyl (C=O) groups excluding carboxylic acids is 1. The molecule has 2 aromatic rings. The predicted octanol–water partition coefficient (Wildman–Crippen LogP) is 3.48. The van der Waals surface area contributed by atoms with Gasteiger partial charge in [-0.3, -0.25) is 4.79 Å². The summed E-state index contributed by atoms with van der Waals surface area (Å²) in [5, 5.41) is 3.31. The molecule has 1 aliphatic heterocycles. The topological polar surface area (TPSA) is 66.0 Å². The molecule has 0 saturated heterocycles. The number of benzene rings is 2. The number of fused-ring (bicyclic) bond motifs is 1. The Morgan fingerprint density at radius 3 is 2.36 bits per heavy atom. The summed E-state index contributed by atoms with van der Waals surface area (Å²) in [7, 11) is 4.77. The number of nitrogens with one attached hydrogen (secondary N) is 1. The molecule has 0 spiro atoms. The molecule has 148 valence electrons. The second-order valence-electron chi connectivity index (χ2n) is 6.26. The van der Waals surface area contributed by atoms with Gasteiger partial charge in [0.1, 0.15) is 0 Å². The van der Waals surface area contributed by atoms with Crippen LogP contribution in [0.4, 0.5) is 0 Å². The first kappa shape index (κ1) is 19.6. The third kappa shape index (κ3) is 3.91. The summed E-state index contributed by atoms with van der Waals surface area (Å²) in [6.07, 6.45) is 2.46. The van der Waals surface area contributed by atoms with Gasteiger partial charge in [-0.25, -0.2) is 0 Å². The van der Waals surface area contributed by atoms with Gasteiger partial charge in [-0.05, 0) is 49.2 Å². The Bertz CT molecular complexity index is 904. The van der Waals surface area contributed by atoms with Gasteiger partial charge in [0.05, 0.1) is 27.9 Å². The highest BCUT2D eigenvalue weighted by Gasteiger charge is 2.19. The monoisotopic (exact) mass is 383 g/mol. The van der Waals surface area contributed by atoms with Crippen molar-refractivity contribution in [2.45, 2.75) is 13.3 Å². The van der Waals surface area contributed by atoms with E-state index in [-0.39, 0.29) is 5.78 Å². The summed E-state index contributed by atoms with van der Waals surface area (Å²) in [6, 6.07) is 9.06. The number of allylic oxidation sites excluding steroid dienone is 1. The summed E-state index contributed by atoms with van der Waals surface area (Å²) in [4.78, 5) is 12.9. The molecular weight excluding hydrogens is 358 g/mol. The fraction of sp³-hybridized carbons (Fsp3) is 0.318. The molecule has 0 atom stereocenters. The second kappa shape index (κ2) is 8.69. The number of ether oxygens (including phenoxy) is 4. The highest BCUT2D eigenvalue weighted by Crippen LogP contribution is 2.35. The Morgan fingerprint density at radius 2 is 1.68 bits per heavy atom. The van der Waals surface area contributed by atoms with Gasteiger partial charge in [-0.15, -0.1) is 0 Å². The fourth-order valence-corrected chi connectivity index (χ4v) is 3.24. The molecule has 6 nitrogen and oxygen atoms in total. The molecule has 1 aliphatic rings. The molecule has 0 amide bonds. The summed E-state index contributed by atoms with van der Waals surface area (Å²) >= 11 is 0. The molecule has 0 aliphatic carbocycles. The number of rotatable bonds is 7. The molecular formula is C22H25NO5. The predicted molar refractivity (Wildman–Crippen MR) is 108 cm³/mol. The van der Waals surface area contributed by atoms with Gasteiger partial charge in [-0.1, -0.05) is 0 Å². The molecule has 0 aromatic heterocycles. The van der Waals surface area contributed by atoms with Crippen LogP contribution in [0.3, 0.4) is 0 Å². The van der Waals surface area contributed by atoms with E-state index >= 15 is 0 Å². The zero-order valence-corrected chi connectivity index (χ0v) is 16.6. The zero-order chi connectivity index (χ0) is 20.1. The molecule has 0 unspecified atom stereocenters. The first-order valence-electron chi connectivity index (χ1n) is 9.17. The van der Waals surface area contributed by atoms with E-state index in [1.807, 2.05) is 19.1 Å². The van der Waals surface area contributed by atoms with Crippen LogP contribution in [0.15, 0.2) is 36.4 Å². The molecule has 0 saturated carbocycles. The van der Waals surface area contributed by atoms with Crippen LogP contribution in [-0.2, 0) is 6.42 Å². The maximum atomic E-state index is 12.9. The van der Waals surface area contributed by atoms with E-state index in [1.165, 1.54) is 0 Å². The molecule has 0 radical (unpaired) electrons. The highest BCUT2D eigenvalue weighted by molar-refractivity contribution is 6.09. The van der Waals surface area contributed by atoms with Crippen LogP contribution in [0.1, 0.15) is 28.4 Å². The highest BCUT2D eigenvalue weighted by atomic mass is 16.5. The molecule has 6 heteroatoms. The van der Waals surface area contributed by atoms with Crippen LogP contribution < -0.4 is 24.3 Å². The largest absolute Gasteiger partial charge is 0.493 e. The van der Waals surface area contributed by atoms with Crippen molar-refractivity contribution in [1.82, 2.24) is 5.32 Å². The van der Waals surface area contributed by atoms with Crippen molar-refractivity contribution in [3.05, 3.63) is 53.1 Å². The number of ketones is 1. The van der Waals surface area contributed by atoms with Crippen molar-refractivity contribution in [3.63, 3.8) is 0 Å². The summed E-state index contributed by atoms with van der Waals surface area (Å²) < 4.78 is 21.7. The maximum Gasteiger partial charge on any atom is 0.188 e. The van der Waals surface area contributed by atoms with Crippen LogP contribution in [0.25, 0.3) is 5.70 Å². The minimum Gasteiger partial charge on any atom is -0.493 e.